The normalized spacial score (nSPS) is 23.5. The first-order chi connectivity index (χ1) is 15.8. The van der Waals surface area contributed by atoms with Gasteiger partial charge in [0, 0.05) is 21.5 Å². The summed E-state index contributed by atoms with van der Waals surface area (Å²) < 4.78 is 0. The van der Waals surface area contributed by atoms with Gasteiger partial charge in [-0.1, -0.05) is 42.5 Å². The maximum absolute atomic E-state index is 13.2. The van der Waals surface area contributed by atoms with Crippen LogP contribution in [0.4, 0.5) is 11.4 Å². The lowest BCUT2D eigenvalue weighted by Crippen LogP contribution is -2.57. The fraction of sp³-hybridized carbons (Fsp3) is 0.333. The molecule has 0 saturated heterocycles. The third-order valence-corrected chi connectivity index (χ3v) is 8.17. The highest BCUT2D eigenvalue weighted by Crippen LogP contribution is 2.58. The molecule has 5 nitrogen and oxygen atoms in total. The SMILES string of the molecule is Cc1sc(C)c(C(=O)NC2CC3(C2)CC(C(=O)O)C3)c1Nc1ccc(-c2ccccc2)cc1. The van der Waals surface area contributed by atoms with Gasteiger partial charge in [-0.05, 0) is 68.2 Å². The Morgan fingerprint density at radius 2 is 1.55 bits per heavy atom. The Balaban J connectivity index is 1.26. The van der Waals surface area contributed by atoms with E-state index in [0.717, 1.165) is 52.4 Å². The molecule has 3 N–H and O–H groups in total. The standard InChI is InChI=1S/C27H28N2O3S/c1-16-23(25(30)29-22-14-27(15-22)12-20(13-27)26(31)32)24(17(2)33-16)28-21-10-8-19(9-11-21)18-6-4-3-5-7-18/h3-11,20,22,28H,12-15H2,1-2H3,(H,29,30)(H,31,32). The number of benzene rings is 2. The summed E-state index contributed by atoms with van der Waals surface area (Å²) in [5.74, 6) is -0.938. The van der Waals surface area contributed by atoms with Crippen molar-refractivity contribution >= 4 is 34.6 Å². The van der Waals surface area contributed by atoms with Crippen LogP contribution < -0.4 is 10.6 Å². The Bertz CT molecular complexity index is 1190. The predicted molar refractivity (Wildman–Crippen MR) is 132 cm³/mol. The quantitative estimate of drug-likeness (QED) is 0.412. The molecule has 0 unspecified atom stereocenters. The van der Waals surface area contributed by atoms with Crippen molar-refractivity contribution in [1.82, 2.24) is 5.32 Å². The van der Waals surface area contributed by atoms with Gasteiger partial charge in [-0.3, -0.25) is 9.59 Å². The number of carbonyl (C=O) groups excluding carboxylic acids is 1. The molecular weight excluding hydrogens is 432 g/mol. The van der Waals surface area contributed by atoms with Crippen molar-refractivity contribution in [2.45, 2.75) is 45.6 Å². The first-order valence-electron chi connectivity index (χ1n) is 11.4. The van der Waals surface area contributed by atoms with E-state index in [2.05, 4.69) is 34.9 Å². The molecule has 2 aromatic carbocycles. The molecule has 2 aliphatic rings. The molecule has 5 rings (SSSR count). The summed E-state index contributed by atoms with van der Waals surface area (Å²) in [5.41, 5.74) is 4.99. The van der Waals surface area contributed by atoms with Crippen LogP contribution in [0.3, 0.4) is 0 Å². The van der Waals surface area contributed by atoms with E-state index in [-0.39, 0.29) is 23.3 Å². The van der Waals surface area contributed by atoms with Crippen LogP contribution in [0.2, 0.25) is 0 Å². The molecule has 0 aliphatic heterocycles. The van der Waals surface area contributed by atoms with Crippen molar-refractivity contribution in [2.24, 2.45) is 11.3 Å². The number of amides is 1. The average Bonchev–Trinajstić information content (AvgIpc) is 3.02. The monoisotopic (exact) mass is 460 g/mol. The lowest BCUT2D eigenvalue weighted by atomic mass is 9.50. The number of aliphatic carboxylic acids is 1. The van der Waals surface area contributed by atoms with Gasteiger partial charge < -0.3 is 15.7 Å². The molecule has 2 aliphatic carbocycles. The maximum Gasteiger partial charge on any atom is 0.306 e. The van der Waals surface area contributed by atoms with Crippen molar-refractivity contribution in [3.63, 3.8) is 0 Å². The molecule has 3 aromatic rings. The van der Waals surface area contributed by atoms with Crippen molar-refractivity contribution in [1.29, 1.82) is 0 Å². The number of anilines is 2. The molecule has 1 heterocycles. The first-order valence-corrected chi connectivity index (χ1v) is 12.2. The fourth-order valence-corrected chi connectivity index (χ4v) is 6.48. The highest BCUT2D eigenvalue weighted by atomic mass is 32.1. The number of carboxylic acid groups (broad SMARTS) is 1. The van der Waals surface area contributed by atoms with E-state index in [4.69, 9.17) is 5.11 Å². The largest absolute Gasteiger partial charge is 0.481 e. The molecule has 170 valence electrons. The van der Waals surface area contributed by atoms with E-state index in [0.29, 0.717) is 5.56 Å². The summed E-state index contributed by atoms with van der Waals surface area (Å²) in [6.45, 7) is 4.02. The number of carboxylic acids is 1. The van der Waals surface area contributed by atoms with E-state index in [9.17, 15) is 9.59 Å². The number of rotatable bonds is 6. The highest BCUT2D eigenvalue weighted by Gasteiger charge is 2.55. The van der Waals surface area contributed by atoms with Gasteiger partial charge in [0.2, 0.25) is 0 Å². The Morgan fingerprint density at radius 3 is 2.18 bits per heavy atom. The van der Waals surface area contributed by atoms with Gasteiger partial charge in [-0.2, -0.15) is 0 Å². The third-order valence-electron chi connectivity index (χ3n) is 7.15. The Morgan fingerprint density at radius 1 is 0.909 bits per heavy atom. The van der Waals surface area contributed by atoms with Crippen LogP contribution in [0.25, 0.3) is 11.1 Å². The van der Waals surface area contributed by atoms with Crippen LogP contribution in [0.5, 0.6) is 0 Å². The van der Waals surface area contributed by atoms with Crippen molar-refractivity contribution in [2.75, 3.05) is 5.32 Å². The van der Waals surface area contributed by atoms with Gasteiger partial charge >= 0.3 is 5.97 Å². The van der Waals surface area contributed by atoms with Crippen molar-refractivity contribution in [3.8, 4) is 11.1 Å². The van der Waals surface area contributed by atoms with Crippen LogP contribution in [-0.4, -0.2) is 23.0 Å². The molecule has 2 fully saturated rings. The van der Waals surface area contributed by atoms with Gasteiger partial charge in [0.05, 0.1) is 17.2 Å². The van der Waals surface area contributed by atoms with Crippen molar-refractivity contribution < 1.29 is 14.7 Å². The molecule has 1 spiro atoms. The highest BCUT2D eigenvalue weighted by molar-refractivity contribution is 7.12. The molecule has 0 atom stereocenters. The van der Waals surface area contributed by atoms with Gasteiger partial charge in [0.1, 0.15) is 0 Å². The van der Waals surface area contributed by atoms with Crippen LogP contribution in [0.1, 0.15) is 45.8 Å². The number of aryl methyl sites for hydroxylation is 2. The lowest BCUT2D eigenvalue weighted by Gasteiger charge is -2.56. The second-order valence-corrected chi connectivity index (χ2v) is 11.0. The summed E-state index contributed by atoms with van der Waals surface area (Å²) in [6.07, 6.45) is 3.26. The van der Waals surface area contributed by atoms with Gasteiger partial charge in [0.15, 0.2) is 0 Å². The number of carbonyl (C=O) groups is 2. The number of hydrogen-bond acceptors (Lipinski definition) is 4. The molecule has 0 bridgehead atoms. The van der Waals surface area contributed by atoms with E-state index in [1.54, 1.807) is 11.3 Å². The summed E-state index contributed by atoms with van der Waals surface area (Å²) in [5, 5.41) is 15.8. The van der Waals surface area contributed by atoms with E-state index in [1.807, 2.05) is 44.2 Å². The summed E-state index contributed by atoms with van der Waals surface area (Å²) in [4.78, 5) is 26.4. The topological polar surface area (TPSA) is 78.4 Å². The van der Waals surface area contributed by atoms with Gasteiger partial charge in [-0.25, -0.2) is 0 Å². The van der Waals surface area contributed by atoms with Crippen molar-refractivity contribution in [3.05, 3.63) is 69.9 Å². The Labute approximate surface area is 197 Å². The summed E-state index contributed by atoms with van der Waals surface area (Å²) >= 11 is 1.63. The molecule has 1 aromatic heterocycles. The molecule has 0 radical (unpaired) electrons. The zero-order valence-electron chi connectivity index (χ0n) is 18.9. The van der Waals surface area contributed by atoms with E-state index < -0.39 is 5.97 Å². The van der Waals surface area contributed by atoms with E-state index >= 15 is 0 Å². The number of hydrogen-bond donors (Lipinski definition) is 3. The van der Waals surface area contributed by atoms with Gasteiger partial charge in [-0.15, -0.1) is 11.3 Å². The second-order valence-electron chi connectivity index (χ2n) is 9.55. The summed E-state index contributed by atoms with van der Waals surface area (Å²) in [6, 6.07) is 18.6. The molecular formula is C27H28N2O3S. The molecule has 1 amide bonds. The predicted octanol–water partition coefficient (Wildman–Crippen LogP) is 6.15. The van der Waals surface area contributed by atoms with Crippen LogP contribution in [-0.2, 0) is 4.79 Å². The molecule has 33 heavy (non-hydrogen) atoms. The zero-order chi connectivity index (χ0) is 23.2. The Kier molecular flexibility index (Phi) is 5.49. The fourth-order valence-electron chi connectivity index (χ4n) is 5.47. The average molecular weight is 461 g/mol. The van der Waals surface area contributed by atoms with E-state index in [1.165, 1.54) is 5.56 Å². The zero-order valence-corrected chi connectivity index (χ0v) is 19.7. The minimum atomic E-state index is -0.690. The van der Waals surface area contributed by atoms with Crippen LogP contribution in [0.15, 0.2) is 54.6 Å². The van der Waals surface area contributed by atoms with Crippen LogP contribution >= 0.6 is 11.3 Å². The second kappa shape index (κ2) is 8.34. The minimum Gasteiger partial charge on any atom is -0.481 e. The minimum absolute atomic E-state index is 0.0470. The molecule has 6 heteroatoms. The number of nitrogens with one attached hydrogen (secondary N) is 2. The maximum atomic E-state index is 13.2. The Hall–Kier alpha value is -3.12. The smallest absolute Gasteiger partial charge is 0.306 e. The third kappa shape index (κ3) is 4.15. The van der Waals surface area contributed by atoms with Crippen LogP contribution in [0, 0.1) is 25.2 Å². The summed E-state index contributed by atoms with van der Waals surface area (Å²) in [7, 11) is 0. The molecule has 2 saturated carbocycles. The van der Waals surface area contributed by atoms with Gasteiger partial charge in [0.25, 0.3) is 5.91 Å². The first kappa shape index (κ1) is 21.7. The number of thiophene rings is 1. The lowest BCUT2D eigenvalue weighted by molar-refractivity contribution is -0.155.